The fraction of sp³-hybridized carbons (Fsp3) is 0.714. The fourth-order valence-corrected chi connectivity index (χ4v) is 2.61. The Morgan fingerprint density at radius 2 is 2.09 bits per heavy atom. The Bertz CT molecular complexity index is 517. The van der Waals surface area contributed by atoms with Crippen molar-refractivity contribution in [3.8, 4) is 0 Å². The minimum absolute atomic E-state index is 0.0725. The average molecular weight is 331 g/mol. The van der Waals surface area contributed by atoms with Crippen LogP contribution in [0.3, 0.4) is 0 Å². The first-order valence-electron chi connectivity index (χ1n) is 7.17. The van der Waals surface area contributed by atoms with Gasteiger partial charge in [-0.1, -0.05) is 0 Å². The molecule has 5 atom stereocenters. The van der Waals surface area contributed by atoms with Crippen LogP contribution < -0.4 is 5.32 Å². The molecule has 0 aliphatic carbocycles. The highest BCUT2D eigenvalue weighted by Crippen LogP contribution is 2.29. The molecule has 0 aromatic carbocycles. The van der Waals surface area contributed by atoms with E-state index in [1.54, 1.807) is 13.8 Å². The number of hydrogen-bond acceptors (Lipinski definition) is 7. The number of carbonyl (C=O) groups excluding carboxylic acids is 1. The van der Waals surface area contributed by atoms with E-state index in [9.17, 15) is 19.8 Å². The SMILES string of the molecule is CC(=O)N[C@H]1[C@H]([C@H](O)C2COC(C)(C)O2)OC(C(=O)O)=C[C@@H]1O. The number of hydrogen-bond donors (Lipinski definition) is 4. The third-order valence-electron chi connectivity index (χ3n) is 3.64. The Hall–Kier alpha value is -1.68. The molecule has 2 aliphatic rings. The molecule has 0 saturated carbocycles. The summed E-state index contributed by atoms with van der Waals surface area (Å²) >= 11 is 0. The number of carboxylic acids is 1. The molecule has 23 heavy (non-hydrogen) atoms. The molecule has 0 radical (unpaired) electrons. The monoisotopic (exact) mass is 331 g/mol. The summed E-state index contributed by atoms with van der Waals surface area (Å²) in [6, 6.07) is -1.02. The molecule has 2 rings (SSSR count). The van der Waals surface area contributed by atoms with Gasteiger partial charge < -0.3 is 34.8 Å². The van der Waals surface area contributed by atoms with Gasteiger partial charge in [-0.05, 0) is 19.9 Å². The van der Waals surface area contributed by atoms with Gasteiger partial charge in [-0.25, -0.2) is 4.79 Å². The van der Waals surface area contributed by atoms with Gasteiger partial charge in [-0.3, -0.25) is 4.79 Å². The van der Waals surface area contributed by atoms with E-state index in [0.29, 0.717) is 0 Å². The van der Waals surface area contributed by atoms with E-state index in [0.717, 1.165) is 6.08 Å². The van der Waals surface area contributed by atoms with Gasteiger partial charge in [0.15, 0.2) is 11.9 Å². The zero-order valence-corrected chi connectivity index (χ0v) is 13.1. The maximum absolute atomic E-state index is 11.3. The number of nitrogens with one attached hydrogen (secondary N) is 1. The summed E-state index contributed by atoms with van der Waals surface area (Å²) in [6.07, 6.45) is -3.65. The number of rotatable bonds is 4. The molecule has 1 fully saturated rings. The summed E-state index contributed by atoms with van der Waals surface area (Å²) in [5.74, 6) is -3.23. The van der Waals surface area contributed by atoms with Crippen LogP contribution in [0.2, 0.25) is 0 Å². The quantitative estimate of drug-likeness (QED) is 0.501. The van der Waals surface area contributed by atoms with Crippen LogP contribution in [0.4, 0.5) is 0 Å². The van der Waals surface area contributed by atoms with Crippen LogP contribution in [-0.2, 0) is 23.8 Å². The lowest BCUT2D eigenvalue weighted by atomic mass is 9.94. The molecule has 9 heteroatoms. The molecule has 130 valence electrons. The third-order valence-corrected chi connectivity index (χ3v) is 3.64. The molecule has 2 aliphatic heterocycles. The highest BCUT2D eigenvalue weighted by atomic mass is 16.7. The molecule has 0 bridgehead atoms. The van der Waals surface area contributed by atoms with Crippen LogP contribution in [0, 0.1) is 0 Å². The van der Waals surface area contributed by atoms with Crippen LogP contribution in [0.15, 0.2) is 11.8 Å². The van der Waals surface area contributed by atoms with Gasteiger partial charge in [-0.2, -0.15) is 0 Å². The Morgan fingerprint density at radius 1 is 1.43 bits per heavy atom. The number of carbonyl (C=O) groups is 2. The van der Waals surface area contributed by atoms with Crippen molar-refractivity contribution in [2.45, 2.75) is 57.0 Å². The average Bonchev–Trinajstić information content (AvgIpc) is 2.79. The van der Waals surface area contributed by atoms with Crippen LogP contribution in [0.5, 0.6) is 0 Å². The van der Waals surface area contributed by atoms with Gasteiger partial charge in [0.05, 0.1) is 12.6 Å². The van der Waals surface area contributed by atoms with Crippen LogP contribution in [0.1, 0.15) is 20.8 Å². The fourth-order valence-electron chi connectivity index (χ4n) is 2.61. The van der Waals surface area contributed by atoms with Gasteiger partial charge in [0, 0.05) is 6.92 Å². The first-order valence-corrected chi connectivity index (χ1v) is 7.17. The smallest absolute Gasteiger partial charge is 0.370 e. The largest absolute Gasteiger partial charge is 0.478 e. The minimum Gasteiger partial charge on any atom is -0.478 e. The van der Waals surface area contributed by atoms with E-state index in [1.807, 2.05) is 0 Å². The van der Waals surface area contributed by atoms with E-state index in [-0.39, 0.29) is 6.61 Å². The topological polar surface area (TPSA) is 135 Å². The number of amides is 1. The van der Waals surface area contributed by atoms with Crippen molar-refractivity contribution in [3.05, 3.63) is 11.8 Å². The summed E-state index contributed by atoms with van der Waals surface area (Å²) in [7, 11) is 0. The molecule has 2 heterocycles. The zero-order chi connectivity index (χ0) is 17.4. The van der Waals surface area contributed by atoms with Gasteiger partial charge in [0.2, 0.25) is 11.7 Å². The number of ether oxygens (including phenoxy) is 3. The standard InChI is InChI=1S/C14H21NO8/c1-6(16)15-10-7(17)4-8(13(19)20)22-12(10)11(18)9-5-21-14(2,3)23-9/h4,7,9-12,17-18H,5H2,1-3H3,(H,15,16)(H,19,20)/t7-,9?,10+,11+,12+/m0/s1. The minimum atomic E-state index is -1.38. The molecule has 1 unspecified atom stereocenters. The Morgan fingerprint density at radius 3 is 2.57 bits per heavy atom. The van der Waals surface area contributed by atoms with Crippen molar-refractivity contribution >= 4 is 11.9 Å². The second kappa shape index (κ2) is 6.44. The van der Waals surface area contributed by atoms with Gasteiger partial charge in [-0.15, -0.1) is 0 Å². The van der Waals surface area contributed by atoms with Gasteiger partial charge >= 0.3 is 5.97 Å². The first-order chi connectivity index (χ1) is 10.6. The van der Waals surface area contributed by atoms with Crippen molar-refractivity contribution in [2.24, 2.45) is 0 Å². The van der Waals surface area contributed by atoms with Gasteiger partial charge in [0.25, 0.3) is 0 Å². The van der Waals surface area contributed by atoms with Crippen LogP contribution >= 0.6 is 0 Å². The van der Waals surface area contributed by atoms with E-state index in [1.165, 1.54) is 6.92 Å². The van der Waals surface area contributed by atoms with Crippen molar-refractivity contribution in [2.75, 3.05) is 6.61 Å². The maximum Gasteiger partial charge on any atom is 0.370 e. The van der Waals surface area contributed by atoms with Crippen molar-refractivity contribution in [3.63, 3.8) is 0 Å². The number of aliphatic hydroxyl groups excluding tert-OH is 2. The lowest BCUT2D eigenvalue weighted by Crippen LogP contribution is -2.59. The number of aliphatic hydroxyl groups is 2. The molecule has 1 saturated heterocycles. The van der Waals surface area contributed by atoms with Gasteiger partial charge in [0.1, 0.15) is 18.3 Å². The molecule has 9 nitrogen and oxygen atoms in total. The first kappa shape index (κ1) is 17.7. The zero-order valence-electron chi connectivity index (χ0n) is 13.1. The molecular weight excluding hydrogens is 310 g/mol. The van der Waals surface area contributed by atoms with Crippen LogP contribution in [-0.4, -0.2) is 70.0 Å². The molecule has 1 amide bonds. The molecule has 4 N–H and O–H groups in total. The summed E-state index contributed by atoms with van der Waals surface area (Å²) in [5.41, 5.74) is 0. The van der Waals surface area contributed by atoms with E-state index >= 15 is 0 Å². The summed E-state index contributed by atoms with van der Waals surface area (Å²) in [5, 5.41) is 32.1. The number of carboxylic acid groups (broad SMARTS) is 1. The molecule has 0 spiro atoms. The lowest BCUT2D eigenvalue weighted by molar-refractivity contribution is -0.171. The Balaban J connectivity index is 2.22. The Kier molecular flexibility index (Phi) is 4.95. The normalized spacial score (nSPS) is 34.2. The molecular formula is C14H21NO8. The predicted octanol–water partition coefficient (Wildman–Crippen LogP) is -1.27. The van der Waals surface area contributed by atoms with E-state index < -0.39 is 53.9 Å². The summed E-state index contributed by atoms with van der Waals surface area (Å²) in [6.45, 7) is 4.66. The molecule has 0 aromatic heterocycles. The lowest BCUT2D eigenvalue weighted by Gasteiger charge is -2.38. The third kappa shape index (κ3) is 3.99. The second-order valence-electron chi connectivity index (χ2n) is 5.99. The molecule has 0 aromatic rings. The highest BCUT2D eigenvalue weighted by Gasteiger charge is 2.47. The van der Waals surface area contributed by atoms with Crippen LogP contribution in [0.25, 0.3) is 0 Å². The van der Waals surface area contributed by atoms with E-state index in [4.69, 9.17) is 19.3 Å². The highest BCUT2D eigenvalue weighted by molar-refractivity contribution is 5.84. The summed E-state index contributed by atoms with van der Waals surface area (Å²) in [4.78, 5) is 22.4. The van der Waals surface area contributed by atoms with Crippen molar-refractivity contribution in [1.29, 1.82) is 0 Å². The summed E-state index contributed by atoms with van der Waals surface area (Å²) < 4.78 is 16.2. The predicted molar refractivity (Wildman–Crippen MR) is 75.1 cm³/mol. The van der Waals surface area contributed by atoms with E-state index in [2.05, 4.69) is 5.32 Å². The van der Waals surface area contributed by atoms with Crippen molar-refractivity contribution in [1.82, 2.24) is 5.32 Å². The number of aliphatic carboxylic acids is 1. The van der Waals surface area contributed by atoms with Crippen molar-refractivity contribution < 1.29 is 39.1 Å². The second-order valence-corrected chi connectivity index (χ2v) is 5.99. The maximum atomic E-state index is 11.3. The Labute approximate surface area is 132 Å².